The normalized spacial score (nSPS) is 21.9. The van der Waals surface area contributed by atoms with Crippen molar-refractivity contribution in [1.29, 1.82) is 0 Å². The first kappa shape index (κ1) is 11.9. The number of amidine groups is 1. The molecule has 1 aliphatic carbocycles. The fourth-order valence-electron chi connectivity index (χ4n) is 3.00. The highest BCUT2D eigenvalue weighted by atomic mass is 15.3. The van der Waals surface area contributed by atoms with Gasteiger partial charge < -0.3 is 9.80 Å². The van der Waals surface area contributed by atoms with E-state index in [-0.39, 0.29) is 0 Å². The molecule has 1 saturated heterocycles. The van der Waals surface area contributed by atoms with E-state index >= 15 is 0 Å². The lowest BCUT2D eigenvalue weighted by Crippen LogP contribution is -2.46. The van der Waals surface area contributed by atoms with Crippen molar-refractivity contribution >= 4 is 11.9 Å². The molecule has 0 N–H and O–H groups in total. The van der Waals surface area contributed by atoms with Gasteiger partial charge in [0.15, 0.2) is 0 Å². The Morgan fingerprint density at radius 1 is 1.10 bits per heavy atom. The van der Waals surface area contributed by atoms with Crippen molar-refractivity contribution in [3.8, 4) is 0 Å². The summed E-state index contributed by atoms with van der Waals surface area (Å²) in [5, 5.41) is 0. The van der Waals surface area contributed by atoms with Crippen LogP contribution < -0.4 is 0 Å². The topological polar surface area (TPSA) is 31.7 Å². The molecule has 2 aliphatic heterocycles. The second kappa shape index (κ2) is 4.56. The molecule has 1 aromatic rings. The van der Waals surface area contributed by atoms with E-state index < -0.39 is 0 Å². The highest BCUT2D eigenvalue weighted by Crippen LogP contribution is 2.32. The summed E-state index contributed by atoms with van der Waals surface area (Å²) >= 11 is 0. The second-order valence-electron chi connectivity index (χ2n) is 5.71. The summed E-state index contributed by atoms with van der Waals surface area (Å²) in [5.74, 6) is 1.14. The van der Waals surface area contributed by atoms with E-state index in [1.54, 1.807) is 0 Å². The van der Waals surface area contributed by atoms with E-state index in [1.807, 2.05) is 12.4 Å². The van der Waals surface area contributed by atoms with Crippen LogP contribution in [0.1, 0.15) is 11.1 Å². The third-order valence-corrected chi connectivity index (χ3v) is 4.31. The van der Waals surface area contributed by atoms with E-state index in [9.17, 15) is 0 Å². The average molecular weight is 266 g/mol. The van der Waals surface area contributed by atoms with E-state index in [0.29, 0.717) is 0 Å². The quantitative estimate of drug-likeness (QED) is 0.714. The fraction of sp³-hybridized carbons (Fsp3) is 0.375. The molecule has 0 aromatic carbocycles. The highest BCUT2D eigenvalue weighted by molar-refractivity contribution is 5.99. The Balaban J connectivity index is 1.61. The molecular formula is C16H18N4. The van der Waals surface area contributed by atoms with Gasteiger partial charge in [0.2, 0.25) is 0 Å². The van der Waals surface area contributed by atoms with Gasteiger partial charge in [-0.1, -0.05) is 0 Å². The Bertz CT molecular complexity index is 634. The maximum absolute atomic E-state index is 4.82. The summed E-state index contributed by atoms with van der Waals surface area (Å²) < 4.78 is 0. The Labute approximate surface area is 119 Å². The molecular weight excluding hydrogens is 248 g/mol. The number of hydrogen-bond acceptors (Lipinski definition) is 4. The van der Waals surface area contributed by atoms with Crippen LogP contribution in [0.3, 0.4) is 0 Å². The predicted octanol–water partition coefficient (Wildman–Crippen LogP) is 1.56. The Morgan fingerprint density at radius 3 is 2.80 bits per heavy atom. The number of aromatic nitrogens is 1. The Kier molecular flexibility index (Phi) is 2.70. The summed E-state index contributed by atoms with van der Waals surface area (Å²) in [5.41, 5.74) is 5.03. The number of aliphatic imine (C=N–C) groups is 1. The van der Waals surface area contributed by atoms with Gasteiger partial charge in [-0.3, -0.25) is 4.98 Å². The number of likely N-dealkylation sites (N-methyl/N-ethyl adjacent to an activating group) is 1. The van der Waals surface area contributed by atoms with Gasteiger partial charge in [0.1, 0.15) is 5.84 Å². The lowest BCUT2D eigenvalue weighted by Gasteiger charge is -2.33. The first-order valence-electron chi connectivity index (χ1n) is 7.17. The maximum Gasteiger partial charge on any atom is 0.129 e. The van der Waals surface area contributed by atoms with Crippen LogP contribution in [0.15, 0.2) is 40.8 Å². The largest absolute Gasteiger partial charge is 0.354 e. The van der Waals surface area contributed by atoms with Gasteiger partial charge in [-0.2, -0.15) is 0 Å². The first-order chi connectivity index (χ1) is 9.79. The molecule has 20 heavy (non-hydrogen) atoms. The van der Waals surface area contributed by atoms with Crippen molar-refractivity contribution in [2.45, 2.75) is 6.42 Å². The van der Waals surface area contributed by atoms with Crippen LogP contribution in [0, 0.1) is 0 Å². The van der Waals surface area contributed by atoms with Crippen LogP contribution in [0.25, 0.3) is 6.08 Å². The zero-order valence-corrected chi connectivity index (χ0v) is 11.7. The number of nitrogens with zero attached hydrogens (tertiary/aromatic N) is 4. The lowest BCUT2D eigenvalue weighted by molar-refractivity contribution is 0.216. The van der Waals surface area contributed by atoms with Crippen LogP contribution in [0.4, 0.5) is 0 Å². The van der Waals surface area contributed by atoms with Gasteiger partial charge in [0.05, 0.1) is 5.70 Å². The zero-order valence-electron chi connectivity index (χ0n) is 11.7. The van der Waals surface area contributed by atoms with E-state index in [4.69, 9.17) is 4.99 Å². The van der Waals surface area contributed by atoms with E-state index in [2.05, 4.69) is 40.0 Å². The van der Waals surface area contributed by atoms with Gasteiger partial charge in [-0.15, -0.1) is 0 Å². The molecule has 0 unspecified atom stereocenters. The summed E-state index contributed by atoms with van der Waals surface area (Å²) in [6, 6.07) is 2.11. The minimum Gasteiger partial charge on any atom is -0.354 e. The standard InChI is InChI=1S/C16H18N4/c1-19-4-6-20(7-5-19)16-10-13-8-12-2-3-17-11-14(12)9-15(13)18-16/h2-3,9-11H,4-8H2,1H3. The molecule has 4 rings (SSSR count). The van der Waals surface area contributed by atoms with E-state index in [1.165, 1.54) is 16.7 Å². The summed E-state index contributed by atoms with van der Waals surface area (Å²) in [6.07, 6.45) is 9.21. The van der Waals surface area contributed by atoms with Crippen molar-refractivity contribution in [2.75, 3.05) is 33.2 Å². The highest BCUT2D eigenvalue weighted by Gasteiger charge is 2.24. The van der Waals surface area contributed by atoms with Crippen LogP contribution in [-0.2, 0) is 6.42 Å². The molecule has 0 saturated carbocycles. The molecule has 1 aromatic heterocycles. The van der Waals surface area contributed by atoms with Crippen molar-refractivity contribution in [3.05, 3.63) is 46.9 Å². The van der Waals surface area contributed by atoms with Crippen LogP contribution in [0.5, 0.6) is 0 Å². The minimum atomic E-state index is 0.977. The molecule has 102 valence electrons. The molecule has 4 nitrogen and oxygen atoms in total. The molecule has 0 atom stereocenters. The van der Waals surface area contributed by atoms with Gasteiger partial charge in [0, 0.05) is 45.0 Å². The third-order valence-electron chi connectivity index (χ3n) is 4.31. The molecule has 0 radical (unpaired) electrons. The molecule has 0 bridgehead atoms. The van der Waals surface area contributed by atoms with Gasteiger partial charge >= 0.3 is 0 Å². The van der Waals surface area contributed by atoms with Crippen LogP contribution >= 0.6 is 0 Å². The van der Waals surface area contributed by atoms with Crippen molar-refractivity contribution < 1.29 is 0 Å². The van der Waals surface area contributed by atoms with Crippen molar-refractivity contribution in [3.63, 3.8) is 0 Å². The smallest absolute Gasteiger partial charge is 0.129 e. The number of hydrogen-bond donors (Lipinski definition) is 0. The summed E-state index contributed by atoms with van der Waals surface area (Å²) in [4.78, 5) is 13.8. The monoisotopic (exact) mass is 266 g/mol. The molecule has 1 fully saturated rings. The molecule has 0 spiro atoms. The van der Waals surface area contributed by atoms with Crippen LogP contribution in [-0.4, -0.2) is 53.8 Å². The fourth-order valence-corrected chi connectivity index (χ4v) is 3.00. The maximum atomic E-state index is 4.82. The number of pyridine rings is 1. The van der Waals surface area contributed by atoms with Gasteiger partial charge in [0.25, 0.3) is 0 Å². The number of fused-ring (bicyclic) bond motifs is 2. The van der Waals surface area contributed by atoms with Gasteiger partial charge in [-0.25, -0.2) is 4.99 Å². The van der Waals surface area contributed by atoms with Crippen molar-refractivity contribution in [2.24, 2.45) is 4.99 Å². The Hall–Kier alpha value is -1.94. The van der Waals surface area contributed by atoms with Crippen molar-refractivity contribution in [1.82, 2.24) is 14.8 Å². The molecule has 0 amide bonds. The predicted molar refractivity (Wildman–Crippen MR) is 80.5 cm³/mol. The first-order valence-corrected chi connectivity index (χ1v) is 7.17. The summed E-state index contributed by atoms with van der Waals surface area (Å²) in [6.45, 7) is 4.37. The summed E-state index contributed by atoms with van der Waals surface area (Å²) in [7, 11) is 2.18. The Morgan fingerprint density at radius 2 is 1.95 bits per heavy atom. The average Bonchev–Trinajstić information content (AvgIpc) is 2.88. The molecule has 3 heterocycles. The third kappa shape index (κ3) is 1.96. The van der Waals surface area contributed by atoms with Crippen LogP contribution in [0.2, 0.25) is 0 Å². The minimum absolute atomic E-state index is 0.977. The number of rotatable bonds is 0. The molecule has 3 aliphatic rings. The SMILES string of the molecule is CN1CCN(C2=NC3=Cc4cnccc4CC3=C2)CC1. The lowest BCUT2D eigenvalue weighted by atomic mass is 9.94. The van der Waals surface area contributed by atoms with Gasteiger partial charge in [-0.05, 0) is 42.0 Å². The zero-order chi connectivity index (χ0) is 13.5. The van der Waals surface area contributed by atoms with E-state index in [0.717, 1.165) is 44.1 Å². The number of allylic oxidation sites excluding steroid dienone is 1. The molecule has 4 heteroatoms. The second-order valence-corrected chi connectivity index (χ2v) is 5.71. The number of piperazine rings is 1.